The van der Waals surface area contributed by atoms with Crippen molar-refractivity contribution in [2.45, 2.75) is 5.16 Å². The number of hydrogen-bond acceptors (Lipinski definition) is 7. The molecule has 0 aliphatic rings. The van der Waals surface area contributed by atoms with Crippen molar-refractivity contribution in [3.63, 3.8) is 0 Å². The summed E-state index contributed by atoms with van der Waals surface area (Å²) in [4.78, 5) is 21.0. The number of carbonyl (C=O) groups excluding carboxylic acids is 1. The molecule has 0 bridgehead atoms. The van der Waals surface area contributed by atoms with Crippen LogP contribution in [-0.2, 0) is 0 Å². The Balaban J connectivity index is 2.00. The second kappa shape index (κ2) is 5.78. The van der Waals surface area contributed by atoms with Gasteiger partial charge in [0.25, 0.3) is 5.24 Å². The lowest BCUT2D eigenvalue weighted by Gasteiger charge is -2.06. The van der Waals surface area contributed by atoms with Gasteiger partial charge in [-0.05, 0) is 6.07 Å². The molecule has 94 valence electrons. The van der Waals surface area contributed by atoms with E-state index in [1.165, 1.54) is 4.90 Å². The van der Waals surface area contributed by atoms with E-state index in [1.807, 2.05) is 6.07 Å². The van der Waals surface area contributed by atoms with Crippen LogP contribution in [0, 0.1) is 0 Å². The molecule has 0 saturated heterocycles. The molecule has 2 heterocycles. The average Bonchev–Trinajstić information content (AvgIpc) is 2.77. The molecule has 8 heteroatoms. The molecule has 0 N–H and O–H groups in total. The van der Waals surface area contributed by atoms with Gasteiger partial charge in [0, 0.05) is 49.7 Å². The van der Waals surface area contributed by atoms with Gasteiger partial charge in [0.2, 0.25) is 11.0 Å². The van der Waals surface area contributed by atoms with E-state index in [0.717, 1.165) is 23.3 Å². The first-order valence-electron chi connectivity index (χ1n) is 4.97. The molecule has 0 atom stereocenters. The van der Waals surface area contributed by atoms with Crippen LogP contribution in [0.5, 0.6) is 11.1 Å². The van der Waals surface area contributed by atoms with E-state index < -0.39 is 0 Å². The zero-order chi connectivity index (χ0) is 13.0. The first-order valence-corrected chi connectivity index (χ1v) is 6.56. The molecule has 0 aliphatic carbocycles. The molecule has 2 aromatic heterocycles. The van der Waals surface area contributed by atoms with E-state index in [4.69, 9.17) is 4.74 Å². The molecule has 0 fully saturated rings. The number of thioether (sulfide) groups is 1. The SMILES string of the molecule is CN(C)C(=O)Sc1nsc(Oc2ccccn2)n1. The molecule has 0 radical (unpaired) electrons. The quantitative estimate of drug-likeness (QED) is 0.806. The zero-order valence-electron chi connectivity index (χ0n) is 9.73. The van der Waals surface area contributed by atoms with Gasteiger partial charge in [0.15, 0.2) is 0 Å². The summed E-state index contributed by atoms with van der Waals surface area (Å²) in [6.45, 7) is 0. The summed E-state index contributed by atoms with van der Waals surface area (Å²) in [5.74, 6) is 0.448. The topological polar surface area (TPSA) is 68.2 Å². The van der Waals surface area contributed by atoms with Crippen LogP contribution in [0.4, 0.5) is 4.79 Å². The number of hydrogen-bond donors (Lipinski definition) is 0. The maximum atomic E-state index is 11.4. The largest absolute Gasteiger partial charge is 0.411 e. The lowest BCUT2D eigenvalue weighted by molar-refractivity contribution is 0.241. The number of pyridine rings is 1. The Morgan fingerprint density at radius 1 is 1.44 bits per heavy atom. The van der Waals surface area contributed by atoms with E-state index in [-0.39, 0.29) is 5.24 Å². The summed E-state index contributed by atoms with van der Waals surface area (Å²) in [5.41, 5.74) is 0. The number of rotatable bonds is 3. The number of ether oxygens (including phenoxy) is 1. The van der Waals surface area contributed by atoms with E-state index >= 15 is 0 Å². The Bertz CT molecular complexity index is 530. The first-order chi connectivity index (χ1) is 8.65. The molecule has 6 nitrogen and oxygen atoms in total. The van der Waals surface area contributed by atoms with Crippen molar-refractivity contribution in [3.8, 4) is 11.1 Å². The third-order valence-electron chi connectivity index (χ3n) is 1.76. The highest BCUT2D eigenvalue weighted by molar-refractivity contribution is 8.13. The van der Waals surface area contributed by atoms with Gasteiger partial charge in [0.1, 0.15) is 0 Å². The standard InChI is InChI=1S/C10H10N4O2S2/c1-14(2)10(15)17-8-12-9(18-13-8)16-7-5-3-4-6-11-7/h3-6H,1-2H3. The van der Waals surface area contributed by atoms with Crippen molar-refractivity contribution in [3.05, 3.63) is 24.4 Å². The van der Waals surface area contributed by atoms with Crippen LogP contribution in [0.25, 0.3) is 0 Å². The third kappa shape index (κ3) is 3.41. The van der Waals surface area contributed by atoms with Crippen molar-refractivity contribution in [1.29, 1.82) is 0 Å². The van der Waals surface area contributed by atoms with Crippen LogP contribution in [0.2, 0.25) is 0 Å². The lowest BCUT2D eigenvalue weighted by Crippen LogP contribution is -2.16. The summed E-state index contributed by atoms with van der Waals surface area (Å²) in [6.07, 6.45) is 1.63. The van der Waals surface area contributed by atoms with Gasteiger partial charge in [-0.25, -0.2) is 4.98 Å². The first kappa shape index (κ1) is 12.8. The van der Waals surface area contributed by atoms with Crippen LogP contribution >= 0.6 is 23.3 Å². The van der Waals surface area contributed by atoms with E-state index in [2.05, 4.69) is 14.3 Å². The zero-order valence-corrected chi connectivity index (χ0v) is 11.4. The van der Waals surface area contributed by atoms with E-state index in [0.29, 0.717) is 16.2 Å². The normalized spacial score (nSPS) is 10.1. The molecule has 2 aromatic rings. The summed E-state index contributed by atoms with van der Waals surface area (Å²) in [6, 6.07) is 5.33. The molecular weight excluding hydrogens is 272 g/mol. The lowest BCUT2D eigenvalue weighted by atomic mass is 10.5. The second-order valence-electron chi connectivity index (χ2n) is 3.38. The number of aromatic nitrogens is 3. The minimum atomic E-state index is -0.128. The fraction of sp³-hybridized carbons (Fsp3) is 0.200. The Kier molecular flexibility index (Phi) is 4.11. The van der Waals surface area contributed by atoms with Crippen LogP contribution in [0.3, 0.4) is 0 Å². The van der Waals surface area contributed by atoms with Crippen LogP contribution < -0.4 is 4.74 Å². The Hall–Kier alpha value is -1.67. The van der Waals surface area contributed by atoms with Crippen molar-refractivity contribution < 1.29 is 9.53 Å². The van der Waals surface area contributed by atoms with Crippen LogP contribution in [0.15, 0.2) is 29.6 Å². The molecule has 0 spiro atoms. The van der Waals surface area contributed by atoms with Gasteiger partial charge in [-0.1, -0.05) is 6.07 Å². The van der Waals surface area contributed by atoms with Crippen molar-refractivity contribution in [1.82, 2.24) is 19.2 Å². The minimum Gasteiger partial charge on any atom is -0.411 e. The summed E-state index contributed by atoms with van der Waals surface area (Å²) < 4.78 is 9.42. The van der Waals surface area contributed by atoms with Crippen molar-refractivity contribution >= 4 is 28.5 Å². The minimum absolute atomic E-state index is 0.128. The molecule has 0 saturated carbocycles. The third-order valence-corrected chi connectivity index (χ3v) is 3.38. The summed E-state index contributed by atoms with van der Waals surface area (Å²) >= 11 is 2.04. The molecule has 0 aromatic carbocycles. The number of carbonyl (C=O) groups is 1. The van der Waals surface area contributed by atoms with Gasteiger partial charge in [0.05, 0.1) is 0 Å². The van der Waals surface area contributed by atoms with Gasteiger partial charge in [-0.15, -0.1) is 0 Å². The van der Waals surface area contributed by atoms with Crippen LogP contribution in [0.1, 0.15) is 0 Å². The van der Waals surface area contributed by atoms with Crippen molar-refractivity contribution in [2.75, 3.05) is 14.1 Å². The Morgan fingerprint density at radius 2 is 2.28 bits per heavy atom. The maximum Gasteiger partial charge on any atom is 0.300 e. The van der Waals surface area contributed by atoms with Crippen LogP contribution in [-0.4, -0.2) is 38.6 Å². The predicted molar refractivity (Wildman–Crippen MR) is 69.2 cm³/mol. The van der Waals surface area contributed by atoms with Gasteiger partial charge >= 0.3 is 5.19 Å². The second-order valence-corrected chi connectivity index (χ2v) is 5.01. The highest BCUT2D eigenvalue weighted by atomic mass is 32.2. The van der Waals surface area contributed by atoms with Gasteiger partial charge in [-0.3, -0.25) is 4.79 Å². The van der Waals surface area contributed by atoms with Crippen molar-refractivity contribution in [2.24, 2.45) is 0 Å². The summed E-state index contributed by atoms with van der Waals surface area (Å²) in [5, 5.41) is 0.615. The number of nitrogens with zero attached hydrogens (tertiary/aromatic N) is 4. The highest BCUT2D eigenvalue weighted by Gasteiger charge is 2.13. The van der Waals surface area contributed by atoms with E-state index in [1.54, 1.807) is 32.4 Å². The average molecular weight is 282 g/mol. The highest BCUT2D eigenvalue weighted by Crippen LogP contribution is 2.26. The summed E-state index contributed by atoms with van der Waals surface area (Å²) in [7, 11) is 3.35. The molecule has 1 amide bonds. The fourth-order valence-electron chi connectivity index (χ4n) is 0.946. The number of amides is 1. The maximum absolute atomic E-state index is 11.4. The molecule has 2 rings (SSSR count). The van der Waals surface area contributed by atoms with Gasteiger partial charge < -0.3 is 9.64 Å². The molecule has 18 heavy (non-hydrogen) atoms. The predicted octanol–water partition coefficient (Wildman–Crippen LogP) is 2.50. The van der Waals surface area contributed by atoms with Gasteiger partial charge in [-0.2, -0.15) is 9.36 Å². The van der Waals surface area contributed by atoms with E-state index in [9.17, 15) is 4.79 Å². The molecule has 0 unspecified atom stereocenters. The Morgan fingerprint density at radius 3 is 2.94 bits per heavy atom. The smallest absolute Gasteiger partial charge is 0.300 e. The Labute approximate surface area is 112 Å². The molecular formula is C10H10N4O2S2. The monoisotopic (exact) mass is 282 g/mol. The fourth-order valence-corrected chi connectivity index (χ4v) is 2.18. The molecule has 0 aliphatic heterocycles.